The number of carbonyl (C=O) groups is 1. The van der Waals surface area contributed by atoms with E-state index in [9.17, 15) is 4.79 Å². The lowest BCUT2D eigenvalue weighted by Crippen LogP contribution is -2.12. The summed E-state index contributed by atoms with van der Waals surface area (Å²) >= 11 is 0. The highest BCUT2D eigenvalue weighted by molar-refractivity contribution is 5.84. The second kappa shape index (κ2) is 3.14. The molecule has 0 amide bonds. The zero-order valence-corrected chi connectivity index (χ0v) is 6.88. The van der Waals surface area contributed by atoms with Gasteiger partial charge in [-0.25, -0.2) is 4.79 Å². The largest absolute Gasteiger partial charge is 0.476 e. The van der Waals surface area contributed by atoms with Crippen LogP contribution in [0.3, 0.4) is 0 Å². The molecule has 0 saturated carbocycles. The van der Waals surface area contributed by atoms with E-state index in [1.54, 1.807) is 0 Å². The average Bonchev–Trinajstić information content (AvgIpc) is 2.75. The van der Waals surface area contributed by atoms with E-state index in [0.29, 0.717) is 13.2 Å². The van der Waals surface area contributed by atoms with Crippen molar-refractivity contribution in [2.75, 3.05) is 13.2 Å². The van der Waals surface area contributed by atoms with E-state index < -0.39 is 5.97 Å². The fourth-order valence-electron chi connectivity index (χ4n) is 1.25. The van der Waals surface area contributed by atoms with Gasteiger partial charge >= 0.3 is 5.97 Å². The van der Waals surface area contributed by atoms with Crippen molar-refractivity contribution in [1.29, 1.82) is 0 Å². The Morgan fingerprint density at radius 1 is 1.77 bits per heavy atom. The van der Waals surface area contributed by atoms with Crippen molar-refractivity contribution in [2.45, 2.75) is 12.5 Å². The maximum absolute atomic E-state index is 10.5. The van der Waals surface area contributed by atoms with Crippen LogP contribution in [0.2, 0.25) is 0 Å². The first-order valence-electron chi connectivity index (χ1n) is 4.00. The van der Waals surface area contributed by atoms with E-state index in [1.807, 2.05) is 0 Å². The van der Waals surface area contributed by atoms with Gasteiger partial charge in [-0.3, -0.25) is 0 Å². The Morgan fingerprint density at radius 2 is 2.62 bits per heavy atom. The average molecular weight is 183 g/mol. The topological polar surface area (TPSA) is 77.2 Å². The van der Waals surface area contributed by atoms with Crippen LogP contribution in [0.5, 0.6) is 0 Å². The van der Waals surface area contributed by atoms with Crippen LogP contribution in [0.15, 0.2) is 6.20 Å². The summed E-state index contributed by atoms with van der Waals surface area (Å²) in [6.45, 7) is 1.25. The van der Waals surface area contributed by atoms with Crippen LogP contribution in [0.1, 0.15) is 23.0 Å². The molecule has 0 bridgehead atoms. The molecule has 6 heteroatoms. The quantitative estimate of drug-likeness (QED) is 0.694. The number of rotatable bonds is 2. The Morgan fingerprint density at radius 3 is 3.15 bits per heavy atom. The molecule has 2 rings (SSSR count). The lowest BCUT2D eigenvalue weighted by molar-refractivity contribution is 0.0689. The van der Waals surface area contributed by atoms with E-state index in [2.05, 4.69) is 10.2 Å². The van der Waals surface area contributed by atoms with Gasteiger partial charge in [-0.1, -0.05) is 0 Å². The molecular weight excluding hydrogens is 174 g/mol. The third-order valence-corrected chi connectivity index (χ3v) is 1.96. The predicted octanol–water partition coefficient (Wildman–Crippen LogP) is -0.0623. The van der Waals surface area contributed by atoms with E-state index in [1.165, 1.54) is 11.0 Å². The van der Waals surface area contributed by atoms with E-state index >= 15 is 0 Å². The van der Waals surface area contributed by atoms with Gasteiger partial charge in [-0.2, -0.15) is 9.90 Å². The van der Waals surface area contributed by atoms with Gasteiger partial charge in [0.25, 0.3) is 0 Å². The first-order valence-corrected chi connectivity index (χ1v) is 4.00. The van der Waals surface area contributed by atoms with Crippen LogP contribution in [-0.2, 0) is 4.74 Å². The molecule has 1 aromatic heterocycles. The lowest BCUT2D eigenvalue weighted by atomic mass is 10.3. The van der Waals surface area contributed by atoms with Crippen molar-refractivity contribution in [2.24, 2.45) is 0 Å². The molecule has 2 heterocycles. The Labute approximate surface area is 74.1 Å². The van der Waals surface area contributed by atoms with E-state index in [0.717, 1.165) is 6.42 Å². The number of hydrogen-bond donors (Lipinski definition) is 1. The van der Waals surface area contributed by atoms with E-state index in [4.69, 9.17) is 9.84 Å². The third kappa shape index (κ3) is 1.52. The molecule has 1 saturated heterocycles. The predicted molar refractivity (Wildman–Crippen MR) is 41.5 cm³/mol. The highest BCUT2D eigenvalue weighted by atomic mass is 16.5. The number of carboxylic acid groups (broad SMARTS) is 1. The summed E-state index contributed by atoms with van der Waals surface area (Å²) in [6, 6.07) is 0.0908. The van der Waals surface area contributed by atoms with Crippen molar-refractivity contribution in [3.63, 3.8) is 0 Å². The summed E-state index contributed by atoms with van der Waals surface area (Å²) in [7, 11) is 0. The van der Waals surface area contributed by atoms with Crippen molar-refractivity contribution >= 4 is 5.97 Å². The van der Waals surface area contributed by atoms with Crippen molar-refractivity contribution in [3.8, 4) is 0 Å². The van der Waals surface area contributed by atoms with Crippen molar-refractivity contribution in [1.82, 2.24) is 15.0 Å². The number of nitrogens with zero attached hydrogens (tertiary/aromatic N) is 3. The SMILES string of the molecule is O=C(O)c1cnn(C2CCOC2)n1. The molecule has 0 aliphatic carbocycles. The van der Waals surface area contributed by atoms with Gasteiger partial charge < -0.3 is 9.84 Å². The van der Waals surface area contributed by atoms with Gasteiger partial charge in [0.1, 0.15) is 0 Å². The number of carboxylic acids is 1. The molecule has 0 spiro atoms. The third-order valence-electron chi connectivity index (χ3n) is 1.96. The van der Waals surface area contributed by atoms with Crippen LogP contribution in [0.25, 0.3) is 0 Å². The standard InChI is InChI=1S/C7H9N3O3/c11-7(12)6-3-8-10(9-6)5-1-2-13-4-5/h3,5H,1-2,4H2,(H,11,12). The van der Waals surface area contributed by atoms with Gasteiger partial charge in [0.2, 0.25) is 0 Å². The highest BCUT2D eigenvalue weighted by Gasteiger charge is 2.20. The normalized spacial score (nSPS) is 22.0. The Hall–Kier alpha value is -1.43. The molecular formula is C7H9N3O3. The van der Waals surface area contributed by atoms with Gasteiger partial charge in [0.15, 0.2) is 5.69 Å². The molecule has 6 nitrogen and oxygen atoms in total. The summed E-state index contributed by atoms with van der Waals surface area (Å²) in [6.07, 6.45) is 2.09. The molecule has 1 aliphatic heterocycles. The van der Waals surface area contributed by atoms with Crippen LogP contribution >= 0.6 is 0 Å². The summed E-state index contributed by atoms with van der Waals surface area (Å²) < 4.78 is 5.13. The van der Waals surface area contributed by atoms with Crippen molar-refractivity contribution in [3.05, 3.63) is 11.9 Å². The van der Waals surface area contributed by atoms with Gasteiger partial charge in [-0.05, 0) is 6.42 Å². The summed E-state index contributed by atoms with van der Waals surface area (Å²) in [4.78, 5) is 11.9. The number of hydrogen-bond acceptors (Lipinski definition) is 4. The van der Waals surface area contributed by atoms with Crippen molar-refractivity contribution < 1.29 is 14.6 Å². The second-order valence-corrected chi connectivity index (χ2v) is 2.87. The summed E-state index contributed by atoms with van der Waals surface area (Å²) in [5, 5.41) is 16.3. The summed E-state index contributed by atoms with van der Waals surface area (Å²) in [5.74, 6) is -1.05. The van der Waals surface area contributed by atoms with Gasteiger partial charge in [0.05, 0.1) is 18.8 Å². The molecule has 1 atom stereocenters. The highest BCUT2D eigenvalue weighted by Crippen LogP contribution is 2.16. The Bertz CT molecular complexity index is 317. The van der Waals surface area contributed by atoms with Crippen LogP contribution in [-0.4, -0.2) is 39.3 Å². The maximum atomic E-state index is 10.5. The van der Waals surface area contributed by atoms with Crippen LogP contribution in [0.4, 0.5) is 0 Å². The zero-order valence-electron chi connectivity index (χ0n) is 6.88. The molecule has 70 valence electrons. The minimum absolute atomic E-state index is 0.0214. The Kier molecular flexibility index (Phi) is 1.97. The number of aromatic nitrogens is 3. The zero-order chi connectivity index (χ0) is 9.26. The minimum atomic E-state index is -1.05. The monoisotopic (exact) mass is 183 g/mol. The lowest BCUT2D eigenvalue weighted by Gasteiger charge is -2.04. The molecule has 13 heavy (non-hydrogen) atoms. The Balaban J connectivity index is 2.16. The molecule has 0 aromatic carbocycles. The first-order chi connectivity index (χ1) is 6.27. The summed E-state index contributed by atoms with van der Waals surface area (Å²) in [5.41, 5.74) is -0.0214. The van der Waals surface area contributed by atoms with Crippen LogP contribution in [0, 0.1) is 0 Å². The smallest absolute Gasteiger partial charge is 0.358 e. The first kappa shape index (κ1) is 8.18. The molecule has 1 aliphatic rings. The fourth-order valence-corrected chi connectivity index (χ4v) is 1.25. The number of ether oxygens (including phenoxy) is 1. The fraction of sp³-hybridized carbons (Fsp3) is 0.571. The maximum Gasteiger partial charge on any atom is 0.358 e. The molecule has 0 radical (unpaired) electrons. The molecule has 1 unspecified atom stereocenters. The molecule has 1 fully saturated rings. The van der Waals surface area contributed by atoms with Gasteiger partial charge in [-0.15, -0.1) is 5.10 Å². The number of aromatic carboxylic acids is 1. The van der Waals surface area contributed by atoms with E-state index in [-0.39, 0.29) is 11.7 Å². The van der Waals surface area contributed by atoms with Crippen LogP contribution < -0.4 is 0 Å². The molecule has 1 N–H and O–H groups in total. The van der Waals surface area contributed by atoms with Gasteiger partial charge in [0, 0.05) is 6.61 Å². The second-order valence-electron chi connectivity index (χ2n) is 2.87. The minimum Gasteiger partial charge on any atom is -0.476 e. The molecule has 1 aromatic rings.